The quantitative estimate of drug-likeness (QED) is 0.639. The molecule has 3 N–H and O–H groups in total. The zero-order valence-corrected chi connectivity index (χ0v) is 6.27. The maximum Gasteiger partial charge on any atom is 0.0395 e. The van der Waals surface area contributed by atoms with Crippen LogP contribution in [-0.2, 0) is 6.54 Å². The Morgan fingerprint density at radius 3 is 2.60 bits per heavy atom. The molecular formula is C7H9NOS. The fraction of sp³-hybridized carbons (Fsp3) is 0.143. The van der Waals surface area contributed by atoms with Crippen LogP contribution in [0.1, 0.15) is 5.56 Å². The largest absolute Gasteiger partial charge is 0.326 e. The van der Waals surface area contributed by atoms with Crippen LogP contribution in [0.3, 0.4) is 0 Å². The fourth-order valence-electron chi connectivity index (χ4n) is 0.762. The number of hydrogen-bond acceptors (Lipinski definition) is 3. The Balaban J connectivity index is 2.96. The Bertz CT molecular complexity index is 192. The van der Waals surface area contributed by atoms with Gasteiger partial charge in [0.05, 0.1) is 0 Å². The highest BCUT2D eigenvalue weighted by molar-refractivity contribution is 7.93. The number of hydrogen-bond donors (Lipinski definition) is 2. The van der Waals surface area contributed by atoms with Crippen molar-refractivity contribution in [1.29, 1.82) is 0 Å². The number of rotatable bonds is 2. The summed E-state index contributed by atoms with van der Waals surface area (Å²) in [5.41, 5.74) is 6.38. The molecule has 0 fully saturated rings. The van der Waals surface area contributed by atoms with Crippen LogP contribution in [0.4, 0.5) is 0 Å². The van der Waals surface area contributed by atoms with E-state index in [0.717, 1.165) is 22.5 Å². The summed E-state index contributed by atoms with van der Waals surface area (Å²) < 4.78 is 8.71. The number of nitrogens with two attached hydrogens (primary N) is 1. The van der Waals surface area contributed by atoms with E-state index in [0.29, 0.717) is 6.54 Å². The van der Waals surface area contributed by atoms with Gasteiger partial charge < -0.3 is 10.3 Å². The Morgan fingerprint density at radius 1 is 1.40 bits per heavy atom. The van der Waals surface area contributed by atoms with E-state index < -0.39 is 0 Å². The van der Waals surface area contributed by atoms with E-state index in [2.05, 4.69) is 0 Å². The summed E-state index contributed by atoms with van der Waals surface area (Å²) in [4.78, 5) is 0.838. The van der Waals surface area contributed by atoms with Crippen LogP contribution in [0.25, 0.3) is 0 Å². The van der Waals surface area contributed by atoms with Crippen molar-refractivity contribution in [2.45, 2.75) is 11.4 Å². The van der Waals surface area contributed by atoms with E-state index in [1.165, 1.54) is 0 Å². The maximum atomic E-state index is 8.71. The minimum atomic E-state index is 0.476. The highest BCUT2D eigenvalue weighted by Crippen LogP contribution is 2.18. The summed E-state index contributed by atoms with van der Waals surface area (Å²) in [6.07, 6.45) is 0. The van der Waals surface area contributed by atoms with E-state index in [-0.39, 0.29) is 0 Å². The van der Waals surface area contributed by atoms with Gasteiger partial charge in [0, 0.05) is 23.5 Å². The van der Waals surface area contributed by atoms with Crippen LogP contribution in [-0.4, -0.2) is 4.55 Å². The van der Waals surface area contributed by atoms with Gasteiger partial charge in [-0.15, -0.1) is 0 Å². The average Bonchev–Trinajstić information content (AvgIpc) is 2.04. The topological polar surface area (TPSA) is 46.2 Å². The van der Waals surface area contributed by atoms with Gasteiger partial charge in [0.1, 0.15) is 0 Å². The summed E-state index contributed by atoms with van der Waals surface area (Å²) in [6, 6.07) is 7.52. The molecule has 1 aromatic carbocycles. The monoisotopic (exact) mass is 155 g/mol. The predicted molar refractivity (Wildman–Crippen MR) is 42.8 cm³/mol. The Labute approximate surface area is 64.3 Å². The van der Waals surface area contributed by atoms with Crippen molar-refractivity contribution in [3.8, 4) is 0 Å². The molecule has 0 aliphatic heterocycles. The van der Waals surface area contributed by atoms with Gasteiger partial charge in [-0.25, -0.2) is 0 Å². The molecule has 3 heteroatoms. The standard InChI is InChI=1S/C7H9NOS/c8-5-6-3-1-2-4-7(6)10-9/h1-4,9H,5,8H2. The zero-order valence-electron chi connectivity index (χ0n) is 5.45. The van der Waals surface area contributed by atoms with Gasteiger partial charge in [-0.2, -0.15) is 0 Å². The Morgan fingerprint density at radius 2 is 2.10 bits per heavy atom. The van der Waals surface area contributed by atoms with Gasteiger partial charge in [0.2, 0.25) is 0 Å². The minimum Gasteiger partial charge on any atom is -0.326 e. The van der Waals surface area contributed by atoms with Crippen molar-refractivity contribution in [3.05, 3.63) is 29.8 Å². The van der Waals surface area contributed by atoms with Gasteiger partial charge in [0.25, 0.3) is 0 Å². The van der Waals surface area contributed by atoms with E-state index in [9.17, 15) is 0 Å². The molecule has 0 bridgehead atoms. The van der Waals surface area contributed by atoms with Gasteiger partial charge >= 0.3 is 0 Å². The lowest BCUT2D eigenvalue weighted by Gasteiger charge is -2.00. The molecule has 0 radical (unpaired) electrons. The molecule has 1 rings (SSSR count). The molecular weight excluding hydrogens is 146 g/mol. The van der Waals surface area contributed by atoms with Crippen LogP contribution >= 0.6 is 12.0 Å². The summed E-state index contributed by atoms with van der Waals surface area (Å²) in [5.74, 6) is 0. The van der Waals surface area contributed by atoms with Crippen molar-refractivity contribution >= 4 is 12.0 Å². The first kappa shape index (κ1) is 7.60. The normalized spacial score (nSPS) is 9.80. The molecule has 0 aliphatic carbocycles. The summed E-state index contributed by atoms with van der Waals surface area (Å²) in [5, 5.41) is 0. The van der Waals surface area contributed by atoms with Crippen molar-refractivity contribution in [2.24, 2.45) is 5.73 Å². The summed E-state index contributed by atoms with van der Waals surface area (Å²) in [6.45, 7) is 0.476. The molecule has 0 unspecified atom stereocenters. The predicted octanol–water partition coefficient (Wildman–Crippen LogP) is 1.71. The molecule has 0 amide bonds. The van der Waals surface area contributed by atoms with Crippen LogP contribution in [0.2, 0.25) is 0 Å². The third-order valence-electron chi connectivity index (χ3n) is 1.29. The lowest BCUT2D eigenvalue weighted by atomic mass is 10.2. The second-order valence-electron chi connectivity index (χ2n) is 1.90. The smallest absolute Gasteiger partial charge is 0.0395 e. The molecule has 2 nitrogen and oxygen atoms in total. The van der Waals surface area contributed by atoms with E-state index in [4.69, 9.17) is 10.3 Å². The Hall–Kier alpha value is -0.510. The molecule has 0 aromatic heterocycles. The lowest BCUT2D eigenvalue weighted by molar-refractivity contribution is 0.662. The minimum absolute atomic E-state index is 0.476. The second kappa shape index (κ2) is 3.61. The first-order valence-corrected chi connectivity index (χ1v) is 3.75. The molecule has 1 aromatic rings. The van der Waals surface area contributed by atoms with Gasteiger partial charge in [-0.1, -0.05) is 18.2 Å². The molecule has 0 saturated carbocycles. The van der Waals surface area contributed by atoms with Crippen LogP contribution in [0.15, 0.2) is 29.2 Å². The molecule has 10 heavy (non-hydrogen) atoms. The molecule has 0 spiro atoms. The summed E-state index contributed by atoms with van der Waals surface area (Å²) >= 11 is 0.740. The third-order valence-corrected chi connectivity index (χ3v) is 1.89. The van der Waals surface area contributed by atoms with Crippen molar-refractivity contribution < 1.29 is 4.55 Å². The highest BCUT2D eigenvalue weighted by Gasteiger charge is 1.96. The van der Waals surface area contributed by atoms with Crippen LogP contribution in [0, 0.1) is 0 Å². The molecule has 0 atom stereocenters. The van der Waals surface area contributed by atoms with Gasteiger partial charge in [-0.05, 0) is 11.6 Å². The average molecular weight is 155 g/mol. The van der Waals surface area contributed by atoms with E-state index in [1.807, 2.05) is 24.3 Å². The van der Waals surface area contributed by atoms with Crippen LogP contribution < -0.4 is 5.73 Å². The van der Waals surface area contributed by atoms with Crippen molar-refractivity contribution in [2.75, 3.05) is 0 Å². The molecule has 0 saturated heterocycles. The van der Waals surface area contributed by atoms with Crippen LogP contribution in [0.5, 0.6) is 0 Å². The number of benzene rings is 1. The fourth-order valence-corrected chi connectivity index (χ4v) is 1.17. The summed E-state index contributed by atoms with van der Waals surface area (Å²) in [7, 11) is 0. The highest BCUT2D eigenvalue weighted by atomic mass is 32.2. The van der Waals surface area contributed by atoms with Crippen molar-refractivity contribution in [1.82, 2.24) is 0 Å². The second-order valence-corrected chi connectivity index (χ2v) is 2.53. The maximum absolute atomic E-state index is 8.71. The van der Waals surface area contributed by atoms with Gasteiger partial charge in [-0.3, -0.25) is 0 Å². The first-order chi connectivity index (χ1) is 4.88. The first-order valence-electron chi connectivity index (χ1n) is 2.98. The van der Waals surface area contributed by atoms with Gasteiger partial charge in [0.15, 0.2) is 0 Å². The molecule has 54 valence electrons. The third kappa shape index (κ3) is 1.50. The SMILES string of the molecule is NCc1ccccc1SO. The molecule has 0 heterocycles. The van der Waals surface area contributed by atoms with Crippen molar-refractivity contribution in [3.63, 3.8) is 0 Å². The Kier molecular flexibility index (Phi) is 2.74. The van der Waals surface area contributed by atoms with E-state index in [1.54, 1.807) is 0 Å². The molecule has 0 aliphatic rings. The zero-order chi connectivity index (χ0) is 7.40. The lowest BCUT2D eigenvalue weighted by Crippen LogP contribution is -1.97. The van der Waals surface area contributed by atoms with E-state index >= 15 is 0 Å².